The average molecular weight is 798 g/mol. The van der Waals surface area contributed by atoms with Crippen molar-refractivity contribution < 1.29 is 78.2 Å². The van der Waals surface area contributed by atoms with E-state index in [9.17, 15) is 50.1 Å². The van der Waals surface area contributed by atoms with Crippen LogP contribution in [0.1, 0.15) is 41.5 Å². The van der Waals surface area contributed by atoms with Crippen molar-refractivity contribution in [2.75, 3.05) is 46.2 Å². The Labute approximate surface area is 317 Å². The molecule has 10 N–H and O–H groups in total. The minimum atomic E-state index is -2.43. The van der Waals surface area contributed by atoms with Crippen molar-refractivity contribution in [2.24, 2.45) is 11.8 Å². The Bertz CT molecular complexity index is 1180. The third-order valence-corrected chi connectivity index (χ3v) is 15.5. The average Bonchev–Trinajstić information content (AvgIpc) is 3.13. The number of rotatable bonds is 19. The summed E-state index contributed by atoms with van der Waals surface area (Å²) in [5.74, 6) is -2.92. The number of amides is 3. The molecule has 3 heterocycles. The molecule has 3 fully saturated rings. The molecule has 0 saturated carbocycles. The number of hydrogen-bond acceptors (Lipinski definition) is 16. The molecule has 3 aliphatic rings. The lowest BCUT2D eigenvalue weighted by Crippen LogP contribution is -2.67. The summed E-state index contributed by atoms with van der Waals surface area (Å²) in [4.78, 5) is 36.4. The molecule has 54 heavy (non-hydrogen) atoms. The first-order chi connectivity index (χ1) is 25.6. The highest BCUT2D eigenvalue weighted by Crippen LogP contribution is 2.35. The zero-order chi connectivity index (χ0) is 40.3. The molecule has 0 bridgehead atoms. The highest BCUT2D eigenvalue weighted by atomic mass is 28.4. The van der Waals surface area contributed by atoms with Crippen LogP contribution in [0.25, 0.3) is 0 Å². The van der Waals surface area contributed by atoms with Crippen LogP contribution in [0.5, 0.6) is 0 Å². The van der Waals surface area contributed by atoms with E-state index in [1.807, 2.05) is 20.8 Å². The van der Waals surface area contributed by atoms with Gasteiger partial charge < -0.3 is 79.8 Å². The number of aliphatic hydroxyl groups excluding tert-OH is 7. The molecule has 20 heteroatoms. The first-order valence-electron chi connectivity index (χ1n) is 18.8. The van der Waals surface area contributed by atoms with Crippen LogP contribution >= 0.6 is 0 Å². The van der Waals surface area contributed by atoms with Gasteiger partial charge in [0, 0.05) is 32.6 Å². The van der Waals surface area contributed by atoms with Crippen molar-refractivity contribution in [1.29, 1.82) is 0 Å². The van der Waals surface area contributed by atoms with Crippen molar-refractivity contribution in [3.63, 3.8) is 0 Å². The van der Waals surface area contributed by atoms with Gasteiger partial charge in [-0.25, -0.2) is 0 Å². The number of nitrogens with one attached hydrogen (secondary N) is 3. The Kier molecular flexibility index (Phi) is 18.6. The van der Waals surface area contributed by atoms with Gasteiger partial charge in [0.15, 0.2) is 14.6 Å². The third kappa shape index (κ3) is 11.6. The predicted octanol–water partition coefficient (Wildman–Crippen LogP) is -3.53. The summed E-state index contributed by atoms with van der Waals surface area (Å²) in [6.07, 6.45) is -11.5. The maximum Gasteiger partial charge on any atom is 0.217 e. The minimum absolute atomic E-state index is 0.0904. The molecule has 314 valence electrons. The summed E-state index contributed by atoms with van der Waals surface area (Å²) >= 11 is 0. The zero-order valence-electron chi connectivity index (χ0n) is 32.0. The summed E-state index contributed by atoms with van der Waals surface area (Å²) in [6.45, 7) is 7.67. The molecule has 0 aromatic rings. The fourth-order valence-electron chi connectivity index (χ4n) is 7.67. The van der Waals surface area contributed by atoms with E-state index in [0.29, 0.717) is 0 Å². The molecule has 3 amide bonds. The summed E-state index contributed by atoms with van der Waals surface area (Å²) in [5.41, 5.74) is 0. The molecular formula is C34H63N3O16Si. The van der Waals surface area contributed by atoms with Gasteiger partial charge in [-0.3, -0.25) is 14.4 Å². The van der Waals surface area contributed by atoms with E-state index < -0.39 is 131 Å². The van der Waals surface area contributed by atoms with Gasteiger partial charge in [0.1, 0.15) is 36.6 Å². The molecule has 0 aromatic heterocycles. The molecule has 19 nitrogen and oxygen atoms in total. The van der Waals surface area contributed by atoms with Crippen LogP contribution in [0.3, 0.4) is 0 Å². The molecule has 3 aliphatic heterocycles. The van der Waals surface area contributed by atoms with Crippen molar-refractivity contribution in [1.82, 2.24) is 16.0 Å². The van der Waals surface area contributed by atoms with Crippen LogP contribution < -0.4 is 16.0 Å². The second-order valence-electron chi connectivity index (χ2n) is 14.4. The predicted molar refractivity (Wildman–Crippen MR) is 191 cm³/mol. The van der Waals surface area contributed by atoms with Gasteiger partial charge in [0.05, 0.1) is 82.7 Å². The lowest BCUT2D eigenvalue weighted by atomic mass is 9.85. The maximum absolute atomic E-state index is 12.7. The van der Waals surface area contributed by atoms with E-state index in [-0.39, 0.29) is 32.3 Å². The molecule has 0 spiro atoms. The second-order valence-corrected chi connectivity index (χ2v) is 19.1. The van der Waals surface area contributed by atoms with Gasteiger partial charge in [0.25, 0.3) is 0 Å². The van der Waals surface area contributed by atoms with Crippen LogP contribution in [-0.4, -0.2) is 187 Å². The quantitative estimate of drug-likeness (QED) is 0.0567. The van der Waals surface area contributed by atoms with Crippen molar-refractivity contribution in [3.05, 3.63) is 0 Å². The van der Waals surface area contributed by atoms with E-state index in [1.165, 1.54) is 20.8 Å². The Hall–Kier alpha value is -1.89. The third-order valence-electron chi connectivity index (χ3n) is 10.9. The fraction of sp³-hybridized carbons (Fsp3) is 0.912. The first kappa shape index (κ1) is 46.5. The Morgan fingerprint density at radius 3 is 1.50 bits per heavy atom. The van der Waals surface area contributed by atoms with Gasteiger partial charge >= 0.3 is 0 Å². The number of hydrogen-bond donors (Lipinski definition) is 10. The van der Waals surface area contributed by atoms with Crippen molar-refractivity contribution in [2.45, 2.75) is 139 Å². The molecule has 3 rings (SSSR count). The Morgan fingerprint density at radius 2 is 1.00 bits per heavy atom. The van der Waals surface area contributed by atoms with E-state index in [1.54, 1.807) is 0 Å². The van der Waals surface area contributed by atoms with E-state index in [4.69, 9.17) is 28.1 Å². The molecular weight excluding hydrogens is 734 g/mol. The summed E-state index contributed by atoms with van der Waals surface area (Å²) in [7, 11) is -2.43. The molecule has 3 saturated heterocycles. The molecule has 15 atom stereocenters. The highest BCUT2D eigenvalue weighted by Gasteiger charge is 2.51. The standard InChI is InChI=1S/C34H63N3O16Si/c1-7-54(8-2,9-3)53-33-21(14-49-15-25-27(35-17(4)41)32(46)31(45)24(12-40)51-25)23(11-39)50-26(28(33)36-18(5)42)16-48-13-20-22(10-38)52-34(47)29(30(20)44)37-19(6)43/h20-34,38-40,44-47H,7-16H2,1-6H3,(H,35,41)(H,36,42)(H,37,43)/t20-,21+,22?,23?,24?,25+,26+,27?,28?,29?,30+,31-,32-,33+,34-/m1/s1. The summed E-state index contributed by atoms with van der Waals surface area (Å²) in [6, 6.07) is -0.803. The Morgan fingerprint density at radius 1 is 0.556 bits per heavy atom. The summed E-state index contributed by atoms with van der Waals surface area (Å²) < 4.78 is 36.9. The monoisotopic (exact) mass is 797 g/mol. The number of ether oxygens (including phenoxy) is 5. The number of carbonyl (C=O) groups is 3. The van der Waals surface area contributed by atoms with E-state index >= 15 is 0 Å². The van der Waals surface area contributed by atoms with E-state index in [2.05, 4.69) is 16.0 Å². The first-order valence-corrected chi connectivity index (χ1v) is 21.3. The van der Waals surface area contributed by atoms with Crippen molar-refractivity contribution in [3.8, 4) is 0 Å². The van der Waals surface area contributed by atoms with E-state index in [0.717, 1.165) is 18.1 Å². The Balaban J connectivity index is 1.88. The van der Waals surface area contributed by atoms with Crippen LogP contribution in [0, 0.1) is 11.8 Å². The van der Waals surface area contributed by atoms with Crippen LogP contribution in [0.4, 0.5) is 0 Å². The molecule has 0 radical (unpaired) electrons. The minimum Gasteiger partial charge on any atom is -0.411 e. The zero-order valence-corrected chi connectivity index (χ0v) is 33.0. The SMILES string of the molecule is CC[Si](CC)(CC)O[C@@H]1C(NC(C)=O)[C@H](COC[C@@H]2C(CO)O[C@@H](O)C(NC(C)=O)[C@H]2O)OC(CO)[C@@H]1COC[C@@H]1OC(CO)[C@@H](O)[C@H](O)C1NC(C)=O. The largest absolute Gasteiger partial charge is 0.411 e. The smallest absolute Gasteiger partial charge is 0.217 e. The lowest BCUT2D eigenvalue weighted by Gasteiger charge is -2.50. The van der Waals surface area contributed by atoms with Crippen molar-refractivity contribution >= 4 is 26.0 Å². The second kappa shape index (κ2) is 21.6. The van der Waals surface area contributed by atoms with Gasteiger partial charge in [-0.05, 0) is 18.1 Å². The fourth-order valence-corrected chi connectivity index (χ4v) is 10.6. The molecule has 0 aliphatic carbocycles. The van der Waals surface area contributed by atoms with Gasteiger partial charge in [-0.1, -0.05) is 20.8 Å². The summed E-state index contributed by atoms with van der Waals surface area (Å²) in [5, 5.41) is 80.9. The lowest BCUT2D eigenvalue weighted by molar-refractivity contribution is -0.248. The van der Waals surface area contributed by atoms with Gasteiger partial charge in [0.2, 0.25) is 17.7 Å². The van der Waals surface area contributed by atoms with Crippen LogP contribution in [-0.2, 0) is 42.5 Å². The van der Waals surface area contributed by atoms with Crippen LogP contribution in [0.2, 0.25) is 18.1 Å². The highest BCUT2D eigenvalue weighted by molar-refractivity contribution is 6.73. The van der Waals surface area contributed by atoms with Crippen LogP contribution in [0.15, 0.2) is 0 Å². The normalized spacial score (nSPS) is 37.4. The number of aliphatic hydroxyl groups is 7. The maximum atomic E-state index is 12.7. The van der Waals surface area contributed by atoms with Gasteiger partial charge in [-0.2, -0.15) is 0 Å². The molecule has 0 aromatic carbocycles. The molecule has 6 unspecified atom stereocenters. The topological polar surface area (TPSA) is 284 Å². The number of carbonyl (C=O) groups excluding carboxylic acids is 3. The van der Waals surface area contributed by atoms with Gasteiger partial charge in [-0.15, -0.1) is 0 Å².